The Bertz CT molecular complexity index is 618. The van der Waals surface area contributed by atoms with Crippen molar-refractivity contribution in [1.29, 1.82) is 0 Å². The van der Waals surface area contributed by atoms with Gasteiger partial charge in [0.15, 0.2) is 0 Å². The quantitative estimate of drug-likeness (QED) is 0.939. The van der Waals surface area contributed by atoms with Gasteiger partial charge in [-0.2, -0.15) is 0 Å². The maximum atomic E-state index is 12.5. The molecule has 1 aromatic heterocycles. The molecule has 1 unspecified atom stereocenters. The summed E-state index contributed by atoms with van der Waals surface area (Å²) in [5, 5.41) is 1.15. The van der Waals surface area contributed by atoms with E-state index in [9.17, 15) is 4.79 Å². The number of H-pyrrole nitrogens is 1. The van der Waals surface area contributed by atoms with E-state index < -0.39 is 0 Å². The highest BCUT2D eigenvalue weighted by Crippen LogP contribution is 2.21. The fraction of sp³-hybridized carbons (Fsp3) is 0.471. The molecule has 0 radical (unpaired) electrons. The third kappa shape index (κ3) is 3.10. The van der Waals surface area contributed by atoms with Crippen LogP contribution in [0.3, 0.4) is 0 Å². The Kier molecular flexibility index (Phi) is 4.25. The lowest BCUT2D eigenvalue weighted by atomic mass is 9.98. The number of aromatic nitrogens is 1. The van der Waals surface area contributed by atoms with E-state index in [1.54, 1.807) is 7.11 Å². The number of methoxy groups -OCH3 is 1. The average Bonchev–Trinajstić information content (AvgIpc) is 2.91. The van der Waals surface area contributed by atoms with Gasteiger partial charge in [0.25, 0.3) is 0 Å². The second kappa shape index (κ2) is 6.31. The van der Waals surface area contributed by atoms with Crippen LogP contribution in [0.1, 0.15) is 18.4 Å². The first-order chi connectivity index (χ1) is 10.3. The van der Waals surface area contributed by atoms with Gasteiger partial charge in [-0.1, -0.05) is 18.2 Å². The summed E-state index contributed by atoms with van der Waals surface area (Å²) in [5.74, 6) is 0.705. The number of fused-ring (bicyclic) bond motifs is 1. The summed E-state index contributed by atoms with van der Waals surface area (Å²) >= 11 is 0. The Hall–Kier alpha value is -1.81. The smallest absolute Gasteiger partial charge is 0.227 e. The molecule has 2 heterocycles. The predicted octanol–water partition coefficient (Wildman–Crippen LogP) is 2.60. The fourth-order valence-electron chi connectivity index (χ4n) is 3.22. The standard InChI is InChI=1S/C17H22N2O2/c1-21-12-13-5-4-8-19(11-13)17(20)9-14-10-18-16-7-3-2-6-15(14)16/h2-3,6-7,10,13,18H,4-5,8-9,11-12H2,1H3. The van der Waals surface area contributed by atoms with Gasteiger partial charge in [-0.05, 0) is 30.4 Å². The van der Waals surface area contributed by atoms with Crippen molar-refractivity contribution in [2.45, 2.75) is 19.3 Å². The number of likely N-dealkylation sites (tertiary alicyclic amines) is 1. The molecule has 1 saturated heterocycles. The van der Waals surface area contributed by atoms with Gasteiger partial charge in [-0.15, -0.1) is 0 Å². The molecule has 3 rings (SSSR count). The van der Waals surface area contributed by atoms with Crippen LogP contribution in [0.4, 0.5) is 0 Å². The minimum Gasteiger partial charge on any atom is -0.384 e. The summed E-state index contributed by atoms with van der Waals surface area (Å²) in [5.41, 5.74) is 2.18. The maximum absolute atomic E-state index is 12.5. The lowest BCUT2D eigenvalue weighted by Crippen LogP contribution is -2.41. The van der Waals surface area contributed by atoms with Crippen LogP contribution in [0.2, 0.25) is 0 Å². The number of nitrogens with zero attached hydrogens (tertiary/aromatic N) is 1. The van der Waals surface area contributed by atoms with Crippen molar-refractivity contribution in [3.05, 3.63) is 36.0 Å². The zero-order valence-corrected chi connectivity index (χ0v) is 12.5. The van der Waals surface area contributed by atoms with Crippen LogP contribution in [-0.2, 0) is 16.0 Å². The molecule has 1 aromatic carbocycles. The van der Waals surface area contributed by atoms with Crippen LogP contribution in [0.5, 0.6) is 0 Å². The molecule has 2 aromatic rings. The molecular formula is C17H22N2O2. The van der Waals surface area contributed by atoms with Crippen molar-refractivity contribution in [3.8, 4) is 0 Å². The van der Waals surface area contributed by atoms with E-state index in [4.69, 9.17) is 4.74 Å². The molecule has 1 fully saturated rings. The number of rotatable bonds is 4. The normalized spacial score (nSPS) is 19.1. The van der Waals surface area contributed by atoms with Gasteiger partial charge in [0.1, 0.15) is 0 Å². The molecule has 0 aliphatic carbocycles. The number of piperidine rings is 1. The predicted molar refractivity (Wildman–Crippen MR) is 83.2 cm³/mol. The highest BCUT2D eigenvalue weighted by atomic mass is 16.5. The van der Waals surface area contributed by atoms with Gasteiger partial charge in [0.05, 0.1) is 13.0 Å². The maximum Gasteiger partial charge on any atom is 0.227 e. The van der Waals surface area contributed by atoms with Crippen LogP contribution >= 0.6 is 0 Å². The number of hydrogen-bond donors (Lipinski definition) is 1. The summed E-state index contributed by atoms with van der Waals surface area (Å²) in [6, 6.07) is 8.13. The van der Waals surface area contributed by atoms with Gasteiger partial charge >= 0.3 is 0 Å². The number of amides is 1. The highest BCUT2D eigenvalue weighted by Gasteiger charge is 2.24. The summed E-state index contributed by atoms with van der Waals surface area (Å²) < 4.78 is 5.23. The largest absolute Gasteiger partial charge is 0.384 e. The van der Waals surface area contributed by atoms with Crippen molar-refractivity contribution < 1.29 is 9.53 Å². The number of aromatic amines is 1. The number of nitrogens with one attached hydrogen (secondary N) is 1. The molecule has 1 aliphatic rings. The third-order valence-electron chi connectivity index (χ3n) is 4.29. The van der Waals surface area contributed by atoms with Crippen LogP contribution in [0.25, 0.3) is 10.9 Å². The number of carbonyl (C=O) groups is 1. The Morgan fingerprint density at radius 3 is 3.14 bits per heavy atom. The van der Waals surface area contributed by atoms with E-state index in [1.165, 1.54) is 0 Å². The molecule has 1 atom stereocenters. The fourth-order valence-corrected chi connectivity index (χ4v) is 3.22. The van der Waals surface area contributed by atoms with Crippen molar-refractivity contribution >= 4 is 16.8 Å². The van der Waals surface area contributed by atoms with Crippen LogP contribution in [0.15, 0.2) is 30.5 Å². The molecule has 112 valence electrons. The number of hydrogen-bond acceptors (Lipinski definition) is 2. The number of para-hydroxylation sites is 1. The third-order valence-corrected chi connectivity index (χ3v) is 4.29. The Morgan fingerprint density at radius 1 is 1.43 bits per heavy atom. The second-order valence-corrected chi connectivity index (χ2v) is 5.84. The zero-order chi connectivity index (χ0) is 14.7. The van der Waals surface area contributed by atoms with Gasteiger partial charge < -0.3 is 14.6 Å². The van der Waals surface area contributed by atoms with Crippen molar-refractivity contribution in [2.75, 3.05) is 26.8 Å². The number of benzene rings is 1. The van der Waals surface area contributed by atoms with E-state index >= 15 is 0 Å². The Balaban J connectivity index is 1.68. The summed E-state index contributed by atoms with van der Waals surface area (Å²) in [6.07, 6.45) is 4.67. The van der Waals surface area contributed by atoms with Gasteiger partial charge in [-0.25, -0.2) is 0 Å². The number of carbonyl (C=O) groups excluding carboxylic acids is 1. The van der Waals surface area contributed by atoms with E-state index in [0.717, 1.165) is 49.0 Å². The van der Waals surface area contributed by atoms with Gasteiger partial charge in [0, 0.05) is 37.3 Å². The van der Waals surface area contributed by atoms with E-state index in [-0.39, 0.29) is 5.91 Å². The monoisotopic (exact) mass is 286 g/mol. The van der Waals surface area contributed by atoms with Crippen LogP contribution in [-0.4, -0.2) is 42.6 Å². The van der Waals surface area contributed by atoms with Crippen molar-refractivity contribution in [1.82, 2.24) is 9.88 Å². The van der Waals surface area contributed by atoms with Gasteiger partial charge in [0.2, 0.25) is 5.91 Å². The van der Waals surface area contributed by atoms with E-state index in [0.29, 0.717) is 12.3 Å². The molecule has 4 nitrogen and oxygen atoms in total. The van der Waals surface area contributed by atoms with E-state index in [2.05, 4.69) is 11.1 Å². The molecule has 1 aliphatic heterocycles. The molecule has 21 heavy (non-hydrogen) atoms. The first kappa shape index (κ1) is 14.1. The topological polar surface area (TPSA) is 45.3 Å². The minimum atomic E-state index is 0.223. The summed E-state index contributed by atoms with van der Waals surface area (Å²) in [6.45, 7) is 2.45. The molecule has 0 saturated carbocycles. The SMILES string of the molecule is COCC1CCCN(C(=O)Cc2c[nH]c3ccccc23)C1. The van der Waals surface area contributed by atoms with E-state index in [1.807, 2.05) is 29.3 Å². The number of ether oxygens (including phenoxy) is 1. The van der Waals surface area contributed by atoms with Crippen molar-refractivity contribution in [3.63, 3.8) is 0 Å². The lowest BCUT2D eigenvalue weighted by molar-refractivity contribution is -0.132. The molecule has 1 amide bonds. The molecular weight excluding hydrogens is 264 g/mol. The van der Waals surface area contributed by atoms with Crippen LogP contribution in [0, 0.1) is 5.92 Å². The zero-order valence-electron chi connectivity index (χ0n) is 12.5. The molecule has 0 spiro atoms. The summed E-state index contributed by atoms with van der Waals surface area (Å²) in [7, 11) is 1.73. The Morgan fingerprint density at radius 2 is 2.29 bits per heavy atom. The first-order valence-electron chi connectivity index (χ1n) is 7.59. The second-order valence-electron chi connectivity index (χ2n) is 5.84. The Labute approximate surface area is 125 Å². The first-order valence-corrected chi connectivity index (χ1v) is 7.59. The lowest BCUT2D eigenvalue weighted by Gasteiger charge is -2.32. The van der Waals surface area contributed by atoms with Crippen LogP contribution < -0.4 is 0 Å². The summed E-state index contributed by atoms with van der Waals surface area (Å²) in [4.78, 5) is 17.8. The molecule has 0 bridgehead atoms. The van der Waals surface area contributed by atoms with Crippen molar-refractivity contribution in [2.24, 2.45) is 5.92 Å². The highest BCUT2D eigenvalue weighted by molar-refractivity contribution is 5.88. The average molecular weight is 286 g/mol. The van der Waals surface area contributed by atoms with Gasteiger partial charge in [-0.3, -0.25) is 4.79 Å². The minimum absolute atomic E-state index is 0.223. The molecule has 4 heteroatoms. The molecule has 1 N–H and O–H groups in total.